The highest BCUT2D eigenvalue weighted by Gasteiger charge is 2.33. The van der Waals surface area contributed by atoms with E-state index < -0.39 is 15.8 Å². The Hall–Kier alpha value is -0.980. The molecule has 2 atom stereocenters. The first kappa shape index (κ1) is 14.4. The maximum absolute atomic E-state index is 13.8. The van der Waals surface area contributed by atoms with Crippen LogP contribution < -0.4 is 5.73 Å². The second kappa shape index (κ2) is 5.19. The number of nitrogens with zero attached hydrogens (tertiary/aromatic N) is 1. The van der Waals surface area contributed by atoms with Gasteiger partial charge >= 0.3 is 0 Å². The lowest BCUT2D eigenvalue weighted by Gasteiger charge is -2.33. The minimum absolute atomic E-state index is 0.186. The number of benzene rings is 1. The lowest BCUT2D eigenvalue weighted by atomic mass is 9.99. The summed E-state index contributed by atoms with van der Waals surface area (Å²) in [4.78, 5) is -0.256. The summed E-state index contributed by atoms with van der Waals surface area (Å²) in [6, 6.07) is 3.93. The molecule has 0 amide bonds. The SMILES string of the molecule is Cc1ccc(F)c(S(=O)(=O)N2CC(C)CC(N)C2)c1. The van der Waals surface area contributed by atoms with Crippen molar-refractivity contribution in [3.8, 4) is 0 Å². The van der Waals surface area contributed by atoms with E-state index in [4.69, 9.17) is 5.73 Å². The van der Waals surface area contributed by atoms with Gasteiger partial charge in [-0.05, 0) is 37.0 Å². The fraction of sp³-hybridized carbons (Fsp3) is 0.538. The average Bonchev–Trinajstić information content (AvgIpc) is 2.31. The number of hydrogen-bond acceptors (Lipinski definition) is 3. The molecule has 1 heterocycles. The van der Waals surface area contributed by atoms with E-state index in [1.54, 1.807) is 13.0 Å². The van der Waals surface area contributed by atoms with Gasteiger partial charge in [-0.3, -0.25) is 0 Å². The highest BCUT2D eigenvalue weighted by atomic mass is 32.2. The van der Waals surface area contributed by atoms with Gasteiger partial charge in [-0.15, -0.1) is 0 Å². The molecule has 0 aliphatic carbocycles. The van der Waals surface area contributed by atoms with E-state index in [1.165, 1.54) is 16.4 Å². The van der Waals surface area contributed by atoms with Gasteiger partial charge in [0.25, 0.3) is 0 Å². The smallest absolute Gasteiger partial charge is 0.246 e. The lowest BCUT2D eigenvalue weighted by Crippen LogP contribution is -2.48. The molecule has 0 radical (unpaired) electrons. The summed E-state index contributed by atoms with van der Waals surface area (Å²) in [5.41, 5.74) is 6.58. The van der Waals surface area contributed by atoms with Crippen LogP contribution >= 0.6 is 0 Å². The van der Waals surface area contributed by atoms with E-state index in [0.29, 0.717) is 12.1 Å². The number of hydrogen-bond donors (Lipinski definition) is 1. The van der Waals surface area contributed by atoms with E-state index in [0.717, 1.165) is 6.42 Å². The standard InChI is InChI=1S/C13H19FN2O2S/c1-9-3-4-12(14)13(6-9)19(17,18)16-7-10(2)5-11(15)8-16/h3-4,6,10-11H,5,7-8,15H2,1-2H3. The minimum atomic E-state index is -3.80. The molecule has 6 heteroatoms. The third-order valence-electron chi connectivity index (χ3n) is 3.36. The summed E-state index contributed by atoms with van der Waals surface area (Å²) in [5, 5.41) is 0. The van der Waals surface area contributed by atoms with Crippen LogP contribution in [0.2, 0.25) is 0 Å². The molecule has 0 bridgehead atoms. The molecular formula is C13H19FN2O2S. The summed E-state index contributed by atoms with van der Waals surface area (Å²) in [6.07, 6.45) is 0.794. The number of aryl methyl sites for hydroxylation is 1. The molecule has 2 rings (SSSR count). The molecule has 0 saturated carbocycles. The van der Waals surface area contributed by atoms with Crippen molar-refractivity contribution in [3.05, 3.63) is 29.6 Å². The van der Waals surface area contributed by atoms with Crippen molar-refractivity contribution >= 4 is 10.0 Å². The van der Waals surface area contributed by atoms with Crippen molar-refractivity contribution in [3.63, 3.8) is 0 Å². The van der Waals surface area contributed by atoms with Gasteiger partial charge in [0, 0.05) is 19.1 Å². The van der Waals surface area contributed by atoms with Crippen molar-refractivity contribution in [2.24, 2.45) is 11.7 Å². The Bertz CT molecular complexity index is 564. The third-order valence-corrected chi connectivity index (χ3v) is 5.21. The van der Waals surface area contributed by atoms with E-state index in [9.17, 15) is 12.8 Å². The number of rotatable bonds is 2. The van der Waals surface area contributed by atoms with Gasteiger partial charge in [0.2, 0.25) is 10.0 Å². The Labute approximate surface area is 113 Å². The van der Waals surface area contributed by atoms with Crippen molar-refractivity contribution in [2.75, 3.05) is 13.1 Å². The van der Waals surface area contributed by atoms with Crippen LogP contribution in [0, 0.1) is 18.7 Å². The Balaban J connectivity index is 2.39. The van der Waals surface area contributed by atoms with Gasteiger partial charge in [0.05, 0.1) is 0 Å². The van der Waals surface area contributed by atoms with Gasteiger partial charge in [-0.2, -0.15) is 4.31 Å². The Morgan fingerprint density at radius 3 is 2.68 bits per heavy atom. The second-order valence-electron chi connectivity index (χ2n) is 5.36. The Morgan fingerprint density at radius 1 is 1.37 bits per heavy atom. The largest absolute Gasteiger partial charge is 0.326 e. The predicted molar refractivity (Wildman–Crippen MR) is 71.7 cm³/mol. The van der Waals surface area contributed by atoms with Gasteiger partial charge in [-0.25, -0.2) is 12.8 Å². The topological polar surface area (TPSA) is 63.4 Å². The summed E-state index contributed by atoms with van der Waals surface area (Å²) < 4.78 is 40.0. The molecule has 2 N–H and O–H groups in total. The molecule has 19 heavy (non-hydrogen) atoms. The average molecular weight is 286 g/mol. The molecule has 1 aromatic rings. The van der Waals surface area contributed by atoms with Crippen molar-refractivity contribution < 1.29 is 12.8 Å². The summed E-state index contributed by atoms with van der Waals surface area (Å²) >= 11 is 0. The molecule has 1 saturated heterocycles. The molecule has 1 aliphatic rings. The van der Waals surface area contributed by atoms with Crippen LogP contribution in [-0.4, -0.2) is 31.9 Å². The molecule has 106 valence electrons. The highest BCUT2D eigenvalue weighted by molar-refractivity contribution is 7.89. The Morgan fingerprint density at radius 2 is 2.05 bits per heavy atom. The van der Waals surface area contributed by atoms with E-state index >= 15 is 0 Å². The van der Waals surface area contributed by atoms with E-state index in [2.05, 4.69) is 0 Å². The third kappa shape index (κ3) is 2.96. The molecule has 0 spiro atoms. The molecule has 1 aliphatic heterocycles. The fourth-order valence-electron chi connectivity index (χ4n) is 2.49. The molecule has 4 nitrogen and oxygen atoms in total. The van der Waals surface area contributed by atoms with E-state index in [1.807, 2.05) is 6.92 Å². The van der Waals surface area contributed by atoms with Crippen LogP contribution in [0.15, 0.2) is 23.1 Å². The number of piperidine rings is 1. The summed E-state index contributed by atoms with van der Waals surface area (Å²) in [7, 11) is -3.80. The van der Waals surface area contributed by atoms with Crippen LogP contribution in [0.25, 0.3) is 0 Å². The first-order valence-electron chi connectivity index (χ1n) is 6.32. The lowest BCUT2D eigenvalue weighted by molar-refractivity contribution is 0.254. The fourth-order valence-corrected chi connectivity index (χ4v) is 4.26. The van der Waals surface area contributed by atoms with Gasteiger partial charge < -0.3 is 5.73 Å². The predicted octanol–water partition coefficient (Wildman–Crippen LogP) is 1.49. The van der Waals surface area contributed by atoms with Gasteiger partial charge in [0.1, 0.15) is 10.7 Å². The normalized spacial score (nSPS) is 25.5. The second-order valence-corrected chi connectivity index (χ2v) is 7.26. The monoisotopic (exact) mass is 286 g/mol. The number of nitrogens with two attached hydrogens (primary N) is 1. The van der Waals surface area contributed by atoms with Gasteiger partial charge in [0.15, 0.2) is 0 Å². The van der Waals surface area contributed by atoms with Crippen molar-refractivity contribution in [2.45, 2.75) is 31.2 Å². The molecule has 0 aromatic heterocycles. The zero-order valence-corrected chi connectivity index (χ0v) is 12.0. The minimum Gasteiger partial charge on any atom is -0.326 e. The highest BCUT2D eigenvalue weighted by Crippen LogP contribution is 2.25. The van der Waals surface area contributed by atoms with Crippen LogP contribution in [0.3, 0.4) is 0 Å². The van der Waals surface area contributed by atoms with Crippen LogP contribution in [0.1, 0.15) is 18.9 Å². The summed E-state index contributed by atoms with van der Waals surface area (Å²) in [6.45, 7) is 4.33. The van der Waals surface area contributed by atoms with Crippen molar-refractivity contribution in [1.82, 2.24) is 4.31 Å². The molecule has 1 aromatic carbocycles. The zero-order valence-electron chi connectivity index (χ0n) is 11.1. The maximum Gasteiger partial charge on any atom is 0.246 e. The quantitative estimate of drug-likeness (QED) is 0.896. The van der Waals surface area contributed by atoms with Crippen molar-refractivity contribution in [1.29, 1.82) is 0 Å². The van der Waals surface area contributed by atoms with Gasteiger partial charge in [-0.1, -0.05) is 13.0 Å². The molecule has 1 fully saturated rings. The van der Waals surface area contributed by atoms with Crippen LogP contribution in [0.4, 0.5) is 4.39 Å². The van der Waals surface area contributed by atoms with Crippen LogP contribution in [-0.2, 0) is 10.0 Å². The molecule has 2 unspecified atom stereocenters. The summed E-state index contributed by atoms with van der Waals surface area (Å²) in [5.74, 6) is -0.524. The first-order chi connectivity index (χ1) is 8.80. The number of halogens is 1. The maximum atomic E-state index is 13.8. The van der Waals surface area contributed by atoms with E-state index in [-0.39, 0.29) is 23.4 Å². The first-order valence-corrected chi connectivity index (χ1v) is 7.76. The number of sulfonamides is 1. The van der Waals surface area contributed by atoms with Crippen LogP contribution in [0.5, 0.6) is 0 Å². The Kier molecular flexibility index (Phi) is 3.94. The zero-order chi connectivity index (χ0) is 14.2. The molecular weight excluding hydrogens is 267 g/mol.